The predicted octanol–water partition coefficient (Wildman–Crippen LogP) is 0.0133. The average molecular weight is 257 g/mol. The third kappa shape index (κ3) is 3.91. The minimum atomic E-state index is 0.191. The van der Waals surface area contributed by atoms with Crippen molar-refractivity contribution >= 4 is 5.91 Å². The molecule has 2 fully saturated rings. The number of rotatable bonds is 3. The van der Waals surface area contributed by atoms with Crippen LogP contribution in [0.25, 0.3) is 0 Å². The number of ether oxygens (including phenoxy) is 1. The molecule has 1 amide bonds. The van der Waals surface area contributed by atoms with Gasteiger partial charge in [-0.15, -0.1) is 0 Å². The molecule has 6 heteroatoms. The molecule has 2 aliphatic rings. The number of nitrogens with zero attached hydrogens (tertiary/aromatic N) is 2. The standard InChI is InChI=1S/C12H23N3O3/c1-17-14-5-2-11(3-6-14)10-12(16)15-7-9-18-8-4-13-15/h11,13H,2-10H2,1H3. The number of piperidine rings is 1. The molecule has 1 N–H and O–H groups in total. The lowest BCUT2D eigenvalue weighted by Gasteiger charge is -2.31. The monoisotopic (exact) mass is 257 g/mol. The molecule has 0 saturated carbocycles. The number of hydrogen-bond donors (Lipinski definition) is 1. The Morgan fingerprint density at radius 1 is 1.33 bits per heavy atom. The largest absolute Gasteiger partial charge is 0.378 e. The molecule has 0 aliphatic carbocycles. The van der Waals surface area contributed by atoms with Gasteiger partial charge in [0.1, 0.15) is 0 Å². The van der Waals surface area contributed by atoms with E-state index in [0.29, 0.717) is 38.6 Å². The van der Waals surface area contributed by atoms with E-state index >= 15 is 0 Å². The maximum Gasteiger partial charge on any atom is 0.237 e. The smallest absolute Gasteiger partial charge is 0.237 e. The number of hydrogen-bond acceptors (Lipinski definition) is 5. The van der Waals surface area contributed by atoms with Crippen LogP contribution in [0.1, 0.15) is 19.3 Å². The minimum Gasteiger partial charge on any atom is -0.378 e. The Morgan fingerprint density at radius 3 is 2.83 bits per heavy atom. The molecule has 0 bridgehead atoms. The molecule has 0 atom stereocenters. The van der Waals surface area contributed by atoms with Gasteiger partial charge >= 0.3 is 0 Å². The van der Waals surface area contributed by atoms with Gasteiger partial charge in [-0.2, -0.15) is 5.06 Å². The fraction of sp³-hybridized carbons (Fsp3) is 0.917. The summed E-state index contributed by atoms with van der Waals surface area (Å²) < 4.78 is 5.31. The van der Waals surface area contributed by atoms with Gasteiger partial charge < -0.3 is 9.57 Å². The van der Waals surface area contributed by atoms with Crippen molar-refractivity contribution in [3.63, 3.8) is 0 Å². The normalized spacial score (nSPS) is 23.9. The van der Waals surface area contributed by atoms with Crippen molar-refractivity contribution in [3.8, 4) is 0 Å². The van der Waals surface area contributed by atoms with E-state index in [0.717, 1.165) is 25.9 Å². The summed E-state index contributed by atoms with van der Waals surface area (Å²) in [4.78, 5) is 17.3. The molecule has 6 nitrogen and oxygen atoms in total. The van der Waals surface area contributed by atoms with Gasteiger partial charge in [0, 0.05) is 26.1 Å². The van der Waals surface area contributed by atoms with Gasteiger partial charge in [-0.3, -0.25) is 9.80 Å². The minimum absolute atomic E-state index is 0.191. The van der Waals surface area contributed by atoms with E-state index in [1.54, 1.807) is 12.1 Å². The Balaban J connectivity index is 1.73. The molecular formula is C12H23N3O3. The maximum atomic E-state index is 12.1. The maximum absolute atomic E-state index is 12.1. The van der Waals surface area contributed by atoms with Crippen molar-refractivity contribution < 1.29 is 14.4 Å². The number of hydroxylamine groups is 2. The van der Waals surface area contributed by atoms with Crippen molar-refractivity contribution in [2.45, 2.75) is 19.3 Å². The highest BCUT2D eigenvalue weighted by atomic mass is 16.7. The van der Waals surface area contributed by atoms with Crippen molar-refractivity contribution in [2.75, 3.05) is 46.5 Å². The number of carbonyl (C=O) groups excluding carboxylic acids is 1. The van der Waals surface area contributed by atoms with E-state index < -0.39 is 0 Å². The molecule has 18 heavy (non-hydrogen) atoms. The fourth-order valence-electron chi connectivity index (χ4n) is 2.46. The summed E-state index contributed by atoms with van der Waals surface area (Å²) >= 11 is 0. The molecule has 0 aromatic carbocycles. The molecule has 0 unspecified atom stereocenters. The highest BCUT2D eigenvalue weighted by Gasteiger charge is 2.24. The second-order valence-corrected chi connectivity index (χ2v) is 4.82. The van der Waals surface area contributed by atoms with Gasteiger partial charge in [-0.05, 0) is 18.8 Å². The highest BCUT2D eigenvalue weighted by Crippen LogP contribution is 2.21. The molecule has 104 valence electrons. The van der Waals surface area contributed by atoms with Crippen LogP contribution < -0.4 is 5.43 Å². The van der Waals surface area contributed by atoms with Gasteiger partial charge in [0.25, 0.3) is 0 Å². The average Bonchev–Trinajstić information content (AvgIpc) is 2.68. The highest BCUT2D eigenvalue weighted by molar-refractivity contribution is 5.76. The Morgan fingerprint density at radius 2 is 2.11 bits per heavy atom. The van der Waals surface area contributed by atoms with Gasteiger partial charge in [0.15, 0.2) is 0 Å². The zero-order valence-electron chi connectivity index (χ0n) is 11.1. The SMILES string of the molecule is CON1CCC(CC(=O)N2CCOCCN2)CC1. The van der Waals surface area contributed by atoms with Crippen LogP contribution in [0.3, 0.4) is 0 Å². The molecule has 2 rings (SSSR count). The fourth-order valence-corrected chi connectivity index (χ4v) is 2.46. The summed E-state index contributed by atoms with van der Waals surface area (Å²) in [6.45, 7) is 4.51. The van der Waals surface area contributed by atoms with Crippen LogP contribution >= 0.6 is 0 Å². The lowest BCUT2D eigenvalue weighted by atomic mass is 9.94. The Hall–Kier alpha value is -0.690. The Labute approximate surface area is 108 Å². The zero-order valence-corrected chi connectivity index (χ0v) is 11.1. The molecule has 2 saturated heterocycles. The molecular weight excluding hydrogens is 234 g/mol. The van der Waals surface area contributed by atoms with Crippen LogP contribution in [0.4, 0.5) is 0 Å². The van der Waals surface area contributed by atoms with E-state index in [-0.39, 0.29) is 5.91 Å². The lowest BCUT2D eigenvalue weighted by molar-refractivity contribution is -0.152. The van der Waals surface area contributed by atoms with Crippen LogP contribution in [0.2, 0.25) is 0 Å². The van der Waals surface area contributed by atoms with E-state index in [2.05, 4.69) is 5.43 Å². The first-order chi connectivity index (χ1) is 8.79. The number of hydrazine groups is 1. The summed E-state index contributed by atoms with van der Waals surface area (Å²) in [7, 11) is 1.70. The first-order valence-corrected chi connectivity index (χ1v) is 6.70. The van der Waals surface area contributed by atoms with Crippen molar-refractivity contribution in [3.05, 3.63) is 0 Å². The van der Waals surface area contributed by atoms with Crippen LogP contribution in [-0.4, -0.2) is 62.5 Å². The van der Waals surface area contributed by atoms with Gasteiger partial charge in [0.2, 0.25) is 5.91 Å². The number of nitrogens with one attached hydrogen (secondary N) is 1. The third-order valence-electron chi connectivity index (χ3n) is 3.60. The molecule has 2 aliphatic heterocycles. The Kier molecular flexibility index (Phi) is 5.37. The van der Waals surface area contributed by atoms with E-state index in [1.807, 2.05) is 5.06 Å². The molecule has 0 aromatic heterocycles. The molecule has 0 radical (unpaired) electrons. The second-order valence-electron chi connectivity index (χ2n) is 4.82. The summed E-state index contributed by atoms with van der Waals surface area (Å²) in [6, 6.07) is 0. The molecule has 2 heterocycles. The van der Waals surface area contributed by atoms with E-state index in [9.17, 15) is 4.79 Å². The summed E-state index contributed by atoms with van der Waals surface area (Å²) in [5.41, 5.74) is 3.11. The summed E-state index contributed by atoms with van der Waals surface area (Å²) in [5.74, 6) is 0.672. The van der Waals surface area contributed by atoms with E-state index in [1.165, 1.54) is 0 Å². The lowest BCUT2D eigenvalue weighted by Crippen LogP contribution is -2.45. The second kappa shape index (κ2) is 7.04. The third-order valence-corrected chi connectivity index (χ3v) is 3.60. The van der Waals surface area contributed by atoms with E-state index in [4.69, 9.17) is 9.57 Å². The first-order valence-electron chi connectivity index (χ1n) is 6.70. The molecule has 0 spiro atoms. The quantitative estimate of drug-likeness (QED) is 0.772. The van der Waals surface area contributed by atoms with Crippen molar-refractivity contribution in [1.29, 1.82) is 0 Å². The number of carbonyl (C=O) groups is 1. The summed E-state index contributed by atoms with van der Waals surface area (Å²) in [5, 5.41) is 3.68. The van der Waals surface area contributed by atoms with Crippen molar-refractivity contribution in [1.82, 2.24) is 15.5 Å². The van der Waals surface area contributed by atoms with Crippen LogP contribution in [0.15, 0.2) is 0 Å². The summed E-state index contributed by atoms with van der Waals surface area (Å²) in [6.07, 6.45) is 2.69. The predicted molar refractivity (Wildman–Crippen MR) is 66.5 cm³/mol. The Bertz CT molecular complexity index is 259. The van der Waals surface area contributed by atoms with Crippen LogP contribution in [0, 0.1) is 5.92 Å². The zero-order chi connectivity index (χ0) is 12.8. The van der Waals surface area contributed by atoms with Gasteiger partial charge in [0.05, 0.1) is 26.9 Å². The topological polar surface area (TPSA) is 54.0 Å². The first kappa shape index (κ1) is 13.7. The van der Waals surface area contributed by atoms with Crippen LogP contribution in [0.5, 0.6) is 0 Å². The van der Waals surface area contributed by atoms with Crippen LogP contribution in [-0.2, 0) is 14.4 Å². The number of amides is 1. The molecule has 0 aromatic rings. The van der Waals surface area contributed by atoms with Gasteiger partial charge in [-0.1, -0.05) is 0 Å². The van der Waals surface area contributed by atoms with Crippen molar-refractivity contribution in [2.24, 2.45) is 5.92 Å². The van der Waals surface area contributed by atoms with Gasteiger partial charge in [-0.25, -0.2) is 5.43 Å².